The van der Waals surface area contributed by atoms with Crippen molar-refractivity contribution in [2.45, 2.75) is 33.1 Å². The van der Waals surface area contributed by atoms with Crippen molar-refractivity contribution in [1.29, 1.82) is 0 Å². The predicted octanol–water partition coefficient (Wildman–Crippen LogP) is 3.89. The molecule has 0 saturated heterocycles. The number of benzene rings is 1. The van der Waals surface area contributed by atoms with Gasteiger partial charge in [-0.2, -0.15) is 0 Å². The highest BCUT2D eigenvalue weighted by molar-refractivity contribution is 7.15. The maximum Gasteiger partial charge on any atom is 0.250 e. The molecule has 134 valence electrons. The van der Waals surface area contributed by atoms with Gasteiger partial charge in [-0.15, -0.1) is 10.2 Å². The van der Waals surface area contributed by atoms with Crippen molar-refractivity contribution in [3.8, 4) is 11.5 Å². The first-order valence-corrected chi connectivity index (χ1v) is 8.79. The van der Waals surface area contributed by atoms with Crippen molar-refractivity contribution in [2.24, 2.45) is 0 Å². The van der Waals surface area contributed by atoms with E-state index >= 15 is 0 Å². The van der Waals surface area contributed by atoms with Crippen LogP contribution < -0.4 is 14.8 Å². The quantitative estimate of drug-likeness (QED) is 0.790. The second kappa shape index (κ2) is 8.11. The van der Waals surface area contributed by atoms with Crippen LogP contribution in [0.1, 0.15) is 38.3 Å². The Labute approximate surface area is 151 Å². The number of amides is 1. The molecule has 1 aromatic carbocycles. The van der Waals surface area contributed by atoms with Crippen molar-refractivity contribution in [3.63, 3.8) is 0 Å². The fourth-order valence-electron chi connectivity index (χ4n) is 1.96. The van der Waals surface area contributed by atoms with Crippen molar-refractivity contribution in [3.05, 3.63) is 34.8 Å². The summed E-state index contributed by atoms with van der Waals surface area (Å²) in [6, 6.07) is 5.50. The van der Waals surface area contributed by atoms with Crippen LogP contribution in [0, 0.1) is 0 Å². The molecule has 1 amide bonds. The van der Waals surface area contributed by atoms with E-state index in [-0.39, 0.29) is 11.3 Å². The number of anilines is 1. The second-order valence-electron chi connectivity index (χ2n) is 6.33. The average Bonchev–Trinajstić information content (AvgIpc) is 3.03. The summed E-state index contributed by atoms with van der Waals surface area (Å²) in [7, 11) is 1.58. The predicted molar refractivity (Wildman–Crippen MR) is 100 cm³/mol. The van der Waals surface area contributed by atoms with Crippen LogP contribution in [0.3, 0.4) is 0 Å². The average molecular weight is 361 g/mol. The summed E-state index contributed by atoms with van der Waals surface area (Å²) in [6.45, 7) is 8.64. The van der Waals surface area contributed by atoms with Gasteiger partial charge >= 0.3 is 0 Å². The van der Waals surface area contributed by atoms with Gasteiger partial charge in [-0.1, -0.05) is 38.2 Å². The lowest BCUT2D eigenvalue weighted by Gasteiger charge is -2.12. The highest BCUT2D eigenvalue weighted by Gasteiger charge is 2.19. The van der Waals surface area contributed by atoms with Crippen LogP contribution in [-0.2, 0) is 10.2 Å². The van der Waals surface area contributed by atoms with Crippen molar-refractivity contribution in [2.75, 3.05) is 19.0 Å². The Bertz CT molecular complexity index is 763. The Morgan fingerprint density at radius 1 is 1.28 bits per heavy atom. The van der Waals surface area contributed by atoms with Crippen molar-refractivity contribution in [1.82, 2.24) is 10.2 Å². The summed E-state index contributed by atoms with van der Waals surface area (Å²) in [6.07, 6.45) is 3.16. The van der Waals surface area contributed by atoms with Gasteiger partial charge in [0.2, 0.25) is 11.0 Å². The number of ether oxygens (including phenoxy) is 2. The van der Waals surface area contributed by atoms with E-state index in [1.165, 1.54) is 17.4 Å². The highest BCUT2D eigenvalue weighted by Crippen LogP contribution is 2.29. The summed E-state index contributed by atoms with van der Waals surface area (Å²) in [5.41, 5.74) is 0.748. The van der Waals surface area contributed by atoms with E-state index in [9.17, 15) is 4.79 Å². The highest BCUT2D eigenvalue weighted by atomic mass is 32.1. The smallest absolute Gasteiger partial charge is 0.250 e. The van der Waals surface area contributed by atoms with E-state index in [1.807, 2.05) is 25.1 Å². The minimum absolute atomic E-state index is 0.0880. The molecule has 1 heterocycles. The SMILES string of the molecule is CCOc1ccc(/C=C/C(=O)Nc2nnc(C(C)(C)C)s2)cc1OC. The van der Waals surface area contributed by atoms with E-state index in [2.05, 4.69) is 36.3 Å². The fourth-order valence-corrected chi connectivity index (χ4v) is 2.76. The van der Waals surface area contributed by atoms with E-state index in [0.29, 0.717) is 23.2 Å². The van der Waals surface area contributed by atoms with E-state index < -0.39 is 0 Å². The van der Waals surface area contributed by atoms with Gasteiger partial charge in [0.05, 0.1) is 13.7 Å². The zero-order chi connectivity index (χ0) is 18.4. The zero-order valence-electron chi connectivity index (χ0n) is 15.1. The lowest BCUT2D eigenvalue weighted by atomic mass is 9.98. The molecule has 0 bridgehead atoms. The summed E-state index contributed by atoms with van der Waals surface area (Å²) >= 11 is 1.38. The van der Waals surface area contributed by atoms with Gasteiger partial charge in [-0.25, -0.2) is 0 Å². The number of nitrogens with zero attached hydrogens (tertiary/aromatic N) is 2. The maximum atomic E-state index is 12.1. The Morgan fingerprint density at radius 3 is 2.64 bits per heavy atom. The number of hydrogen-bond donors (Lipinski definition) is 1. The molecule has 0 aliphatic heterocycles. The van der Waals surface area contributed by atoms with Crippen LogP contribution in [0.2, 0.25) is 0 Å². The molecular formula is C18H23N3O3S. The summed E-state index contributed by atoms with van der Waals surface area (Å²) < 4.78 is 10.8. The topological polar surface area (TPSA) is 73.3 Å². The Kier molecular flexibility index (Phi) is 6.14. The number of carbonyl (C=O) groups excluding carboxylic acids is 1. The first-order chi connectivity index (χ1) is 11.8. The van der Waals surface area contributed by atoms with Gasteiger partial charge in [-0.3, -0.25) is 10.1 Å². The summed E-state index contributed by atoms with van der Waals surface area (Å²) in [5.74, 6) is 1.04. The molecule has 0 fully saturated rings. The van der Waals surface area contributed by atoms with Crippen molar-refractivity contribution >= 4 is 28.5 Å². The molecule has 1 N–H and O–H groups in total. The zero-order valence-corrected chi connectivity index (χ0v) is 15.9. The lowest BCUT2D eigenvalue weighted by Crippen LogP contribution is -2.10. The van der Waals surface area contributed by atoms with Gasteiger partial charge in [0, 0.05) is 11.5 Å². The number of carbonyl (C=O) groups is 1. The molecule has 6 nitrogen and oxygen atoms in total. The molecule has 7 heteroatoms. The molecule has 0 aliphatic rings. The molecule has 0 unspecified atom stereocenters. The van der Waals surface area contributed by atoms with Crippen LogP contribution in [0.4, 0.5) is 5.13 Å². The molecule has 0 saturated carbocycles. The third-order valence-corrected chi connectivity index (χ3v) is 4.48. The van der Waals surface area contributed by atoms with Gasteiger partial charge < -0.3 is 9.47 Å². The molecule has 2 rings (SSSR count). The van der Waals surface area contributed by atoms with Crippen LogP contribution >= 0.6 is 11.3 Å². The Morgan fingerprint density at radius 2 is 2.04 bits per heavy atom. The molecule has 0 atom stereocenters. The van der Waals surface area contributed by atoms with E-state index in [4.69, 9.17) is 9.47 Å². The molecule has 25 heavy (non-hydrogen) atoms. The van der Waals surface area contributed by atoms with Gasteiger partial charge in [-0.05, 0) is 30.7 Å². The van der Waals surface area contributed by atoms with Gasteiger partial charge in [0.15, 0.2) is 11.5 Å². The number of aromatic nitrogens is 2. The van der Waals surface area contributed by atoms with Crippen LogP contribution in [0.5, 0.6) is 11.5 Å². The maximum absolute atomic E-state index is 12.1. The summed E-state index contributed by atoms with van der Waals surface area (Å²) in [5, 5.41) is 12.2. The van der Waals surface area contributed by atoms with Crippen molar-refractivity contribution < 1.29 is 14.3 Å². The van der Waals surface area contributed by atoms with Crippen LogP contribution in [0.25, 0.3) is 6.08 Å². The molecule has 2 aromatic rings. The second-order valence-corrected chi connectivity index (χ2v) is 7.31. The summed E-state index contributed by atoms with van der Waals surface area (Å²) in [4.78, 5) is 12.1. The van der Waals surface area contributed by atoms with E-state index in [0.717, 1.165) is 10.6 Å². The fraction of sp³-hybridized carbons (Fsp3) is 0.389. The van der Waals surface area contributed by atoms with Crippen LogP contribution in [-0.4, -0.2) is 29.8 Å². The third-order valence-electron chi connectivity index (χ3n) is 3.21. The number of hydrogen-bond acceptors (Lipinski definition) is 6. The molecular weight excluding hydrogens is 338 g/mol. The number of rotatable bonds is 6. The standard InChI is InChI=1S/C18H23N3O3S/c1-6-24-13-9-7-12(11-14(13)23-5)8-10-15(22)19-17-21-20-16(25-17)18(2,3)4/h7-11H,6H2,1-5H3,(H,19,21,22)/b10-8+. The monoisotopic (exact) mass is 361 g/mol. The normalized spacial score (nSPS) is 11.6. The number of nitrogens with one attached hydrogen (secondary N) is 1. The van der Waals surface area contributed by atoms with E-state index in [1.54, 1.807) is 13.2 Å². The Hall–Kier alpha value is -2.41. The lowest BCUT2D eigenvalue weighted by molar-refractivity contribution is -0.111. The molecule has 0 radical (unpaired) electrons. The first-order valence-electron chi connectivity index (χ1n) is 7.97. The minimum atomic E-state index is -0.260. The number of methoxy groups -OCH3 is 1. The first kappa shape index (κ1) is 18.9. The third kappa shape index (κ3) is 5.29. The minimum Gasteiger partial charge on any atom is -0.493 e. The molecule has 1 aromatic heterocycles. The van der Waals surface area contributed by atoms with Gasteiger partial charge in [0.25, 0.3) is 0 Å². The largest absolute Gasteiger partial charge is 0.493 e. The molecule has 0 aliphatic carbocycles. The van der Waals surface area contributed by atoms with Crippen LogP contribution in [0.15, 0.2) is 24.3 Å². The molecule has 0 spiro atoms. The Balaban J connectivity index is 2.03. The van der Waals surface area contributed by atoms with Gasteiger partial charge in [0.1, 0.15) is 5.01 Å².